The predicted octanol–water partition coefficient (Wildman–Crippen LogP) is 3.45. The number of nitrogens with one attached hydrogen (secondary N) is 1. The zero-order chi connectivity index (χ0) is 14.3. The Labute approximate surface area is 118 Å². The van der Waals surface area contributed by atoms with Gasteiger partial charge in [0.25, 0.3) is 0 Å². The topological polar surface area (TPSA) is 28.2 Å². The lowest BCUT2D eigenvalue weighted by Crippen LogP contribution is -2.34. The fraction of sp³-hybridized carbons (Fsp3) is 0.688. The first kappa shape index (κ1) is 16.0. The molecule has 1 N–H and O–H groups in total. The van der Waals surface area contributed by atoms with Gasteiger partial charge in [0.15, 0.2) is 0 Å². The summed E-state index contributed by atoms with van der Waals surface area (Å²) >= 11 is 0. The quantitative estimate of drug-likeness (QED) is 0.728. The number of pyridine rings is 1. The molecule has 0 unspecified atom stereocenters. The molecule has 0 aliphatic heterocycles. The first-order valence-corrected chi connectivity index (χ1v) is 7.46. The van der Waals surface area contributed by atoms with Crippen LogP contribution in [-0.2, 0) is 6.54 Å². The van der Waals surface area contributed by atoms with Gasteiger partial charge in [-0.25, -0.2) is 4.98 Å². The Balaban J connectivity index is 2.66. The van der Waals surface area contributed by atoms with E-state index in [4.69, 9.17) is 0 Å². The van der Waals surface area contributed by atoms with Crippen molar-refractivity contribution in [2.24, 2.45) is 5.92 Å². The molecular formula is C16H29N3. The van der Waals surface area contributed by atoms with E-state index in [-0.39, 0.29) is 0 Å². The summed E-state index contributed by atoms with van der Waals surface area (Å²) in [6, 6.07) is 4.81. The summed E-state index contributed by atoms with van der Waals surface area (Å²) in [5.74, 6) is 1.73. The average Bonchev–Trinajstić information content (AvgIpc) is 2.37. The van der Waals surface area contributed by atoms with Crippen LogP contribution in [0.15, 0.2) is 18.3 Å². The highest BCUT2D eigenvalue weighted by Crippen LogP contribution is 2.16. The Morgan fingerprint density at radius 3 is 2.42 bits per heavy atom. The fourth-order valence-corrected chi connectivity index (χ4v) is 2.06. The molecule has 0 spiro atoms. The summed E-state index contributed by atoms with van der Waals surface area (Å²) in [6.07, 6.45) is 3.16. The first-order valence-electron chi connectivity index (χ1n) is 7.46. The van der Waals surface area contributed by atoms with E-state index >= 15 is 0 Å². The number of rotatable bonds is 8. The van der Waals surface area contributed by atoms with Crippen LogP contribution < -0.4 is 10.2 Å². The fourth-order valence-electron chi connectivity index (χ4n) is 2.06. The minimum Gasteiger partial charge on any atom is -0.354 e. The third-order valence-corrected chi connectivity index (χ3v) is 3.04. The standard InChI is InChI=1S/C16H29N3/c1-6-9-17-10-15-7-8-16(18-11-15)19(14(4)5)12-13(2)3/h7-8,11,13-14,17H,6,9-10,12H2,1-5H3. The molecule has 0 saturated carbocycles. The highest BCUT2D eigenvalue weighted by Gasteiger charge is 2.13. The maximum absolute atomic E-state index is 4.62. The van der Waals surface area contributed by atoms with Crippen LogP contribution in [0.3, 0.4) is 0 Å². The molecule has 0 bridgehead atoms. The van der Waals surface area contributed by atoms with Crippen molar-refractivity contribution in [3.63, 3.8) is 0 Å². The molecule has 0 radical (unpaired) electrons. The van der Waals surface area contributed by atoms with E-state index in [1.165, 1.54) is 12.0 Å². The van der Waals surface area contributed by atoms with Crippen molar-refractivity contribution in [3.05, 3.63) is 23.9 Å². The highest BCUT2D eigenvalue weighted by molar-refractivity contribution is 5.40. The number of hydrogen-bond acceptors (Lipinski definition) is 3. The van der Waals surface area contributed by atoms with Crippen molar-refractivity contribution in [1.82, 2.24) is 10.3 Å². The monoisotopic (exact) mass is 263 g/mol. The van der Waals surface area contributed by atoms with E-state index in [0.717, 1.165) is 25.5 Å². The molecule has 0 amide bonds. The van der Waals surface area contributed by atoms with Gasteiger partial charge in [-0.2, -0.15) is 0 Å². The van der Waals surface area contributed by atoms with Crippen molar-refractivity contribution in [3.8, 4) is 0 Å². The Hall–Kier alpha value is -1.09. The molecule has 0 aliphatic carbocycles. The van der Waals surface area contributed by atoms with E-state index < -0.39 is 0 Å². The van der Waals surface area contributed by atoms with E-state index in [1.807, 2.05) is 6.20 Å². The molecule has 19 heavy (non-hydrogen) atoms. The molecule has 0 saturated heterocycles. The van der Waals surface area contributed by atoms with E-state index in [0.29, 0.717) is 12.0 Å². The average molecular weight is 263 g/mol. The van der Waals surface area contributed by atoms with Crippen LogP contribution in [0.4, 0.5) is 5.82 Å². The Bertz CT molecular complexity index is 344. The van der Waals surface area contributed by atoms with Gasteiger partial charge in [-0.3, -0.25) is 0 Å². The van der Waals surface area contributed by atoms with E-state index in [2.05, 4.69) is 62.0 Å². The molecule has 108 valence electrons. The van der Waals surface area contributed by atoms with E-state index in [9.17, 15) is 0 Å². The second kappa shape index (κ2) is 8.16. The number of nitrogens with zero attached hydrogens (tertiary/aromatic N) is 2. The molecule has 0 aliphatic rings. The van der Waals surface area contributed by atoms with Crippen LogP contribution in [0.5, 0.6) is 0 Å². The van der Waals surface area contributed by atoms with Gasteiger partial charge in [-0.1, -0.05) is 26.8 Å². The lowest BCUT2D eigenvalue weighted by Gasteiger charge is -2.29. The van der Waals surface area contributed by atoms with Gasteiger partial charge in [0.1, 0.15) is 5.82 Å². The molecule has 0 atom stereocenters. The van der Waals surface area contributed by atoms with Gasteiger partial charge in [0, 0.05) is 25.3 Å². The third kappa shape index (κ3) is 5.60. The predicted molar refractivity (Wildman–Crippen MR) is 83.6 cm³/mol. The van der Waals surface area contributed by atoms with Gasteiger partial charge in [0.05, 0.1) is 0 Å². The minimum atomic E-state index is 0.485. The molecule has 0 aromatic carbocycles. The second-order valence-corrected chi connectivity index (χ2v) is 5.84. The lowest BCUT2D eigenvalue weighted by atomic mass is 10.1. The zero-order valence-electron chi connectivity index (χ0n) is 13.1. The van der Waals surface area contributed by atoms with Crippen LogP contribution in [0.2, 0.25) is 0 Å². The number of anilines is 1. The summed E-state index contributed by atoms with van der Waals surface area (Å²) in [5.41, 5.74) is 1.26. The molecular weight excluding hydrogens is 234 g/mol. The van der Waals surface area contributed by atoms with Gasteiger partial charge in [0.2, 0.25) is 0 Å². The molecule has 0 fully saturated rings. The smallest absolute Gasteiger partial charge is 0.128 e. The molecule has 1 aromatic rings. The van der Waals surface area contributed by atoms with Crippen LogP contribution in [0.1, 0.15) is 46.6 Å². The molecule has 3 nitrogen and oxygen atoms in total. The summed E-state index contributed by atoms with van der Waals surface area (Å²) in [6.45, 7) is 14.2. The third-order valence-electron chi connectivity index (χ3n) is 3.04. The van der Waals surface area contributed by atoms with Crippen LogP contribution in [0, 0.1) is 5.92 Å². The Morgan fingerprint density at radius 1 is 1.21 bits per heavy atom. The SMILES string of the molecule is CCCNCc1ccc(N(CC(C)C)C(C)C)nc1. The van der Waals surface area contributed by atoms with Crippen molar-refractivity contribution in [2.75, 3.05) is 18.0 Å². The molecule has 1 aromatic heterocycles. The van der Waals surface area contributed by atoms with E-state index in [1.54, 1.807) is 0 Å². The molecule has 1 rings (SSSR count). The minimum absolute atomic E-state index is 0.485. The van der Waals surface area contributed by atoms with Gasteiger partial charge >= 0.3 is 0 Å². The van der Waals surface area contributed by atoms with Crippen molar-refractivity contribution in [2.45, 2.75) is 53.6 Å². The summed E-state index contributed by atoms with van der Waals surface area (Å²) in [7, 11) is 0. The van der Waals surface area contributed by atoms with Crippen molar-refractivity contribution in [1.29, 1.82) is 0 Å². The first-order chi connectivity index (χ1) is 9.04. The van der Waals surface area contributed by atoms with Crippen LogP contribution in [0.25, 0.3) is 0 Å². The van der Waals surface area contributed by atoms with Crippen LogP contribution in [-0.4, -0.2) is 24.1 Å². The highest BCUT2D eigenvalue weighted by atomic mass is 15.2. The lowest BCUT2D eigenvalue weighted by molar-refractivity contribution is 0.566. The summed E-state index contributed by atoms with van der Waals surface area (Å²) in [5, 5.41) is 3.40. The molecule has 3 heteroatoms. The van der Waals surface area contributed by atoms with Gasteiger partial charge in [-0.15, -0.1) is 0 Å². The number of aromatic nitrogens is 1. The second-order valence-electron chi connectivity index (χ2n) is 5.84. The molecule has 1 heterocycles. The zero-order valence-corrected chi connectivity index (χ0v) is 13.1. The largest absolute Gasteiger partial charge is 0.354 e. The number of hydrogen-bond donors (Lipinski definition) is 1. The van der Waals surface area contributed by atoms with Gasteiger partial charge < -0.3 is 10.2 Å². The normalized spacial score (nSPS) is 11.3. The van der Waals surface area contributed by atoms with Crippen molar-refractivity contribution >= 4 is 5.82 Å². The maximum Gasteiger partial charge on any atom is 0.128 e. The van der Waals surface area contributed by atoms with Crippen LogP contribution >= 0.6 is 0 Å². The Morgan fingerprint density at radius 2 is 1.95 bits per heavy atom. The van der Waals surface area contributed by atoms with Crippen molar-refractivity contribution < 1.29 is 0 Å². The summed E-state index contributed by atoms with van der Waals surface area (Å²) in [4.78, 5) is 6.99. The summed E-state index contributed by atoms with van der Waals surface area (Å²) < 4.78 is 0. The van der Waals surface area contributed by atoms with Gasteiger partial charge in [-0.05, 0) is 44.4 Å². The Kier molecular flexibility index (Phi) is 6.85. The maximum atomic E-state index is 4.62.